The van der Waals surface area contributed by atoms with Crippen molar-refractivity contribution in [3.63, 3.8) is 0 Å². The van der Waals surface area contributed by atoms with Gasteiger partial charge in [0.05, 0.1) is 28.1 Å². The number of nitrogens with zero attached hydrogens (tertiary/aromatic N) is 2. The van der Waals surface area contributed by atoms with Crippen LogP contribution in [0, 0.1) is 6.92 Å². The Hall–Kier alpha value is -1.95. The van der Waals surface area contributed by atoms with Gasteiger partial charge in [-0.2, -0.15) is 0 Å². The number of hydrogen-bond donors (Lipinski definition) is 2. The first-order valence-corrected chi connectivity index (χ1v) is 7.61. The van der Waals surface area contributed by atoms with Gasteiger partial charge in [-0.05, 0) is 40.5 Å². The van der Waals surface area contributed by atoms with Gasteiger partial charge < -0.3 is 10.4 Å². The predicted molar refractivity (Wildman–Crippen MR) is 89.2 cm³/mol. The maximum absolute atomic E-state index is 12.3. The molecule has 0 spiro atoms. The van der Waals surface area contributed by atoms with Crippen molar-refractivity contribution >= 4 is 27.5 Å². The summed E-state index contributed by atoms with van der Waals surface area (Å²) in [6.45, 7) is 7.90. The second-order valence-electron chi connectivity index (χ2n) is 6.14. The number of nitrogens with one attached hydrogen (secondary N) is 1. The summed E-state index contributed by atoms with van der Waals surface area (Å²) in [6.07, 6.45) is 3.13. The zero-order valence-corrected chi connectivity index (χ0v) is 14.5. The number of carbonyl (C=O) groups excluding carboxylic acids is 1. The van der Waals surface area contributed by atoms with Gasteiger partial charge in [0.15, 0.2) is 0 Å². The Bertz CT molecular complexity index is 707. The van der Waals surface area contributed by atoms with Crippen molar-refractivity contribution in [3.05, 3.63) is 46.0 Å². The van der Waals surface area contributed by atoms with Crippen LogP contribution in [0.3, 0.4) is 0 Å². The molecule has 0 bridgehead atoms. The van der Waals surface area contributed by atoms with E-state index in [4.69, 9.17) is 0 Å². The molecule has 1 aromatic heterocycles. The minimum absolute atomic E-state index is 0.0877. The van der Waals surface area contributed by atoms with Crippen molar-refractivity contribution in [1.29, 1.82) is 0 Å². The average molecular weight is 364 g/mol. The van der Waals surface area contributed by atoms with Gasteiger partial charge in [-0.3, -0.25) is 4.79 Å². The van der Waals surface area contributed by atoms with E-state index >= 15 is 0 Å². The van der Waals surface area contributed by atoms with E-state index in [0.29, 0.717) is 16.0 Å². The molecule has 0 aliphatic rings. The third kappa shape index (κ3) is 3.62. The van der Waals surface area contributed by atoms with Gasteiger partial charge in [-0.25, -0.2) is 9.97 Å². The van der Waals surface area contributed by atoms with Crippen LogP contribution in [-0.2, 0) is 5.41 Å². The van der Waals surface area contributed by atoms with Crippen LogP contribution in [0.4, 0.5) is 5.69 Å². The summed E-state index contributed by atoms with van der Waals surface area (Å²) in [7, 11) is 0. The first-order valence-electron chi connectivity index (χ1n) is 6.81. The van der Waals surface area contributed by atoms with Gasteiger partial charge in [0.25, 0.3) is 5.91 Å². The number of hydrogen-bond acceptors (Lipinski definition) is 4. The molecule has 0 saturated heterocycles. The number of aromatic nitrogens is 2. The SMILES string of the molecule is Cc1cc(Br)c(O)c(C(=O)Nc2cnc(C(C)(C)C)nc2)c1. The van der Waals surface area contributed by atoms with Gasteiger partial charge in [0.1, 0.15) is 11.6 Å². The van der Waals surface area contributed by atoms with Crippen LogP contribution in [0.15, 0.2) is 29.0 Å². The molecule has 5 nitrogen and oxygen atoms in total. The largest absolute Gasteiger partial charge is 0.506 e. The van der Waals surface area contributed by atoms with Crippen molar-refractivity contribution in [2.75, 3.05) is 5.32 Å². The highest BCUT2D eigenvalue weighted by atomic mass is 79.9. The molecule has 1 aromatic carbocycles. The molecule has 2 aromatic rings. The number of phenols is 1. The molecule has 0 atom stereocenters. The van der Waals surface area contributed by atoms with Crippen LogP contribution < -0.4 is 5.32 Å². The summed E-state index contributed by atoms with van der Waals surface area (Å²) >= 11 is 3.23. The Morgan fingerprint density at radius 3 is 2.36 bits per heavy atom. The summed E-state index contributed by atoms with van der Waals surface area (Å²) < 4.78 is 0.483. The van der Waals surface area contributed by atoms with E-state index in [0.717, 1.165) is 5.56 Å². The van der Waals surface area contributed by atoms with Crippen LogP contribution in [0.2, 0.25) is 0 Å². The lowest BCUT2D eigenvalue weighted by molar-refractivity contribution is 0.102. The molecule has 1 heterocycles. The molecular weight excluding hydrogens is 346 g/mol. The Kier molecular flexibility index (Phi) is 4.51. The van der Waals surface area contributed by atoms with E-state index in [1.165, 1.54) is 0 Å². The molecule has 0 unspecified atom stereocenters. The van der Waals surface area contributed by atoms with Gasteiger partial charge in [-0.15, -0.1) is 0 Å². The number of halogens is 1. The van der Waals surface area contributed by atoms with Crippen LogP contribution in [0.5, 0.6) is 5.75 Å². The summed E-state index contributed by atoms with van der Waals surface area (Å²) in [5.41, 5.74) is 1.40. The second kappa shape index (κ2) is 6.04. The minimum atomic E-state index is -0.408. The summed E-state index contributed by atoms with van der Waals surface area (Å²) in [5, 5.41) is 12.7. The molecule has 22 heavy (non-hydrogen) atoms. The average Bonchev–Trinajstić information content (AvgIpc) is 2.42. The number of aromatic hydroxyl groups is 1. The standard InChI is InChI=1S/C16H18BrN3O2/c1-9-5-11(13(21)12(17)6-9)14(22)20-10-7-18-15(19-8-10)16(2,3)4/h5-8,21H,1-4H3,(H,20,22). The Balaban J connectivity index is 2.23. The molecule has 6 heteroatoms. The topological polar surface area (TPSA) is 75.1 Å². The highest BCUT2D eigenvalue weighted by Gasteiger charge is 2.18. The quantitative estimate of drug-likeness (QED) is 0.850. The maximum Gasteiger partial charge on any atom is 0.259 e. The molecule has 116 valence electrons. The highest BCUT2D eigenvalue weighted by molar-refractivity contribution is 9.10. The van der Waals surface area contributed by atoms with E-state index in [9.17, 15) is 9.90 Å². The van der Waals surface area contributed by atoms with Gasteiger partial charge >= 0.3 is 0 Å². The van der Waals surface area contributed by atoms with Crippen molar-refractivity contribution in [2.24, 2.45) is 0 Å². The minimum Gasteiger partial charge on any atom is -0.506 e. The fourth-order valence-electron chi connectivity index (χ4n) is 1.89. The molecule has 0 fully saturated rings. The third-order valence-corrected chi connectivity index (χ3v) is 3.64. The number of carbonyl (C=O) groups is 1. The fraction of sp³-hybridized carbons (Fsp3) is 0.312. The van der Waals surface area contributed by atoms with Crippen LogP contribution in [-0.4, -0.2) is 21.0 Å². The Labute approximate surface area is 137 Å². The van der Waals surface area contributed by atoms with Crippen molar-refractivity contribution in [2.45, 2.75) is 33.1 Å². The molecule has 1 amide bonds. The summed E-state index contributed by atoms with van der Waals surface area (Å²) in [6, 6.07) is 3.37. The number of phenolic OH excluding ortho intramolecular Hbond substituents is 1. The molecule has 0 aliphatic carbocycles. The van der Waals surface area contributed by atoms with E-state index < -0.39 is 5.91 Å². The third-order valence-electron chi connectivity index (χ3n) is 3.03. The number of aryl methyl sites for hydroxylation is 1. The molecule has 2 N–H and O–H groups in total. The number of anilines is 1. The van der Waals surface area contributed by atoms with E-state index in [1.54, 1.807) is 24.5 Å². The van der Waals surface area contributed by atoms with E-state index in [2.05, 4.69) is 31.2 Å². The van der Waals surface area contributed by atoms with Crippen LogP contribution in [0.25, 0.3) is 0 Å². The molecule has 0 saturated carbocycles. The lowest BCUT2D eigenvalue weighted by Gasteiger charge is -2.16. The predicted octanol–water partition coefficient (Wildman–Crippen LogP) is 3.80. The van der Waals surface area contributed by atoms with Gasteiger partial charge in [0, 0.05) is 5.41 Å². The normalized spacial score (nSPS) is 11.3. The summed E-state index contributed by atoms with van der Waals surface area (Å²) in [5.74, 6) is 0.205. The lowest BCUT2D eigenvalue weighted by Crippen LogP contribution is -2.17. The number of rotatable bonds is 2. The van der Waals surface area contributed by atoms with Crippen LogP contribution >= 0.6 is 15.9 Å². The first kappa shape index (κ1) is 16.4. The second-order valence-corrected chi connectivity index (χ2v) is 7.00. The summed E-state index contributed by atoms with van der Waals surface area (Å²) in [4.78, 5) is 20.8. The molecular formula is C16H18BrN3O2. The van der Waals surface area contributed by atoms with Crippen molar-refractivity contribution in [3.8, 4) is 5.75 Å². The number of amides is 1. The Morgan fingerprint density at radius 2 is 1.82 bits per heavy atom. The highest BCUT2D eigenvalue weighted by Crippen LogP contribution is 2.29. The smallest absolute Gasteiger partial charge is 0.259 e. The van der Waals surface area contributed by atoms with Crippen LogP contribution in [0.1, 0.15) is 42.5 Å². The monoisotopic (exact) mass is 363 g/mol. The van der Waals surface area contributed by atoms with Gasteiger partial charge in [-0.1, -0.05) is 20.8 Å². The zero-order valence-electron chi connectivity index (χ0n) is 12.9. The fourth-order valence-corrected chi connectivity index (χ4v) is 2.46. The Morgan fingerprint density at radius 1 is 1.23 bits per heavy atom. The molecule has 2 rings (SSSR count). The lowest BCUT2D eigenvalue weighted by atomic mass is 9.96. The van der Waals surface area contributed by atoms with E-state index in [-0.39, 0.29) is 16.7 Å². The van der Waals surface area contributed by atoms with Crippen molar-refractivity contribution < 1.29 is 9.90 Å². The molecule has 0 aliphatic heterocycles. The van der Waals surface area contributed by atoms with Gasteiger partial charge in [0.2, 0.25) is 0 Å². The molecule has 0 radical (unpaired) electrons. The van der Waals surface area contributed by atoms with E-state index in [1.807, 2.05) is 27.7 Å². The van der Waals surface area contributed by atoms with Crippen molar-refractivity contribution in [1.82, 2.24) is 9.97 Å². The zero-order chi connectivity index (χ0) is 16.5. The first-order chi connectivity index (χ1) is 10.2. The number of benzene rings is 1. The maximum atomic E-state index is 12.3.